The van der Waals surface area contributed by atoms with Crippen LogP contribution < -0.4 is 10.1 Å². The van der Waals surface area contributed by atoms with Crippen LogP contribution in [-0.2, 0) is 4.79 Å². The quantitative estimate of drug-likeness (QED) is 0.794. The molecule has 0 aliphatic rings. The first kappa shape index (κ1) is 13.3. The molecule has 1 rings (SSSR count). The summed E-state index contributed by atoms with van der Waals surface area (Å²) in [4.78, 5) is 11.5. The normalized spacial score (nSPS) is 12.4. The molecule has 0 heterocycles. The van der Waals surface area contributed by atoms with Crippen LogP contribution in [0.15, 0.2) is 30.3 Å². The average Bonchev–Trinajstić information content (AvgIpc) is 2.36. The molecule has 17 heavy (non-hydrogen) atoms. The number of para-hydroxylation sites is 1. The molecule has 0 spiro atoms. The molecule has 1 aromatic rings. The predicted octanol–water partition coefficient (Wildman–Crippen LogP) is 2.62. The van der Waals surface area contributed by atoms with E-state index in [1.165, 1.54) is 6.08 Å². The van der Waals surface area contributed by atoms with Gasteiger partial charge in [0.05, 0.1) is 7.11 Å². The van der Waals surface area contributed by atoms with Crippen molar-refractivity contribution in [2.24, 2.45) is 0 Å². The molecule has 1 amide bonds. The summed E-state index contributed by atoms with van der Waals surface area (Å²) in [5.41, 5.74) is 0.898. The van der Waals surface area contributed by atoms with Gasteiger partial charge in [-0.2, -0.15) is 0 Å². The highest BCUT2D eigenvalue weighted by Crippen LogP contribution is 2.18. The maximum Gasteiger partial charge on any atom is 0.244 e. The number of hydrogen-bond acceptors (Lipinski definition) is 2. The van der Waals surface area contributed by atoms with E-state index in [0.29, 0.717) is 0 Å². The van der Waals surface area contributed by atoms with E-state index in [1.54, 1.807) is 13.2 Å². The second-order valence-corrected chi connectivity index (χ2v) is 3.89. The second-order valence-electron chi connectivity index (χ2n) is 3.89. The van der Waals surface area contributed by atoms with Gasteiger partial charge in [0.25, 0.3) is 0 Å². The molecular weight excluding hydrogens is 214 g/mol. The molecule has 0 bridgehead atoms. The van der Waals surface area contributed by atoms with Gasteiger partial charge in [0, 0.05) is 17.7 Å². The van der Waals surface area contributed by atoms with Crippen LogP contribution in [0.1, 0.15) is 25.8 Å². The number of methoxy groups -OCH3 is 1. The van der Waals surface area contributed by atoms with E-state index in [-0.39, 0.29) is 11.9 Å². The molecule has 3 heteroatoms. The minimum Gasteiger partial charge on any atom is -0.496 e. The molecule has 1 N–H and O–H groups in total. The fourth-order valence-electron chi connectivity index (χ4n) is 1.36. The van der Waals surface area contributed by atoms with Crippen LogP contribution >= 0.6 is 0 Å². The van der Waals surface area contributed by atoms with Crippen LogP contribution in [0.2, 0.25) is 0 Å². The van der Waals surface area contributed by atoms with Crippen molar-refractivity contribution in [1.82, 2.24) is 5.32 Å². The largest absolute Gasteiger partial charge is 0.496 e. The number of amides is 1. The van der Waals surface area contributed by atoms with E-state index in [4.69, 9.17) is 4.74 Å². The summed E-state index contributed by atoms with van der Waals surface area (Å²) in [6.07, 6.45) is 4.22. The van der Waals surface area contributed by atoms with Gasteiger partial charge in [-0.15, -0.1) is 0 Å². The number of rotatable bonds is 5. The highest BCUT2D eigenvalue weighted by atomic mass is 16.5. The van der Waals surface area contributed by atoms with Crippen LogP contribution in [0.4, 0.5) is 0 Å². The molecule has 0 aromatic heterocycles. The number of carbonyl (C=O) groups is 1. The van der Waals surface area contributed by atoms with Crippen molar-refractivity contribution in [1.29, 1.82) is 0 Å². The molecule has 3 nitrogen and oxygen atoms in total. The molecule has 92 valence electrons. The first-order chi connectivity index (χ1) is 8.17. The zero-order valence-corrected chi connectivity index (χ0v) is 10.6. The van der Waals surface area contributed by atoms with Gasteiger partial charge in [-0.25, -0.2) is 0 Å². The molecule has 1 aromatic carbocycles. The number of carbonyl (C=O) groups excluding carboxylic acids is 1. The highest BCUT2D eigenvalue weighted by Gasteiger charge is 2.02. The zero-order valence-electron chi connectivity index (χ0n) is 10.6. The molecule has 1 atom stereocenters. The van der Waals surface area contributed by atoms with Crippen LogP contribution in [0.3, 0.4) is 0 Å². The number of ether oxygens (including phenoxy) is 1. The van der Waals surface area contributed by atoms with Gasteiger partial charge in [0.15, 0.2) is 0 Å². The average molecular weight is 233 g/mol. The summed E-state index contributed by atoms with van der Waals surface area (Å²) in [5.74, 6) is 0.686. The van der Waals surface area contributed by atoms with Gasteiger partial charge in [-0.05, 0) is 25.5 Å². The number of nitrogens with one attached hydrogen (secondary N) is 1. The van der Waals surface area contributed by atoms with E-state index in [1.807, 2.05) is 38.1 Å². The van der Waals surface area contributed by atoms with Crippen molar-refractivity contribution in [2.75, 3.05) is 7.11 Å². The Morgan fingerprint density at radius 2 is 2.18 bits per heavy atom. The maximum absolute atomic E-state index is 11.5. The summed E-state index contributed by atoms with van der Waals surface area (Å²) in [5, 5.41) is 2.87. The molecule has 0 radical (unpaired) electrons. The number of benzene rings is 1. The minimum atomic E-state index is -0.0785. The zero-order chi connectivity index (χ0) is 12.7. The van der Waals surface area contributed by atoms with Gasteiger partial charge in [0.1, 0.15) is 5.75 Å². The van der Waals surface area contributed by atoms with Crippen molar-refractivity contribution in [3.63, 3.8) is 0 Å². The first-order valence-corrected chi connectivity index (χ1v) is 5.79. The lowest BCUT2D eigenvalue weighted by atomic mass is 10.2. The lowest BCUT2D eigenvalue weighted by molar-refractivity contribution is -0.117. The molecule has 0 aliphatic heterocycles. The van der Waals surface area contributed by atoms with E-state index >= 15 is 0 Å². The standard InChI is InChI=1S/C14H19NO2/c1-4-11(2)15-14(16)10-9-12-7-5-6-8-13(12)17-3/h5-11H,4H2,1-3H3,(H,15,16)/b10-9-/t11-/m1/s1. The van der Waals surface area contributed by atoms with Crippen molar-refractivity contribution >= 4 is 12.0 Å². The fraction of sp³-hybridized carbons (Fsp3) is 0.357. The van der Waals surface area contributed by atoms with Crippen molar-refractivity contribution in [2.45, 2.75) is 26.3 Å². The summed E-state index contributed by atoms with van der Waals surface area (Å²) in [7, 11) is 1.62. The minimum absolute atomic E-state index is 0.0785. The molecular formula is C14H19NO2. The Morgan fingerprint density at radius 3 is 2.82 bits per heavy atom. The third-order valence-corrected chi connectivity index (χ3v) is 2.55. The molecule has 0 saturated carbocycles. The van der Waals surface area contributed by atoms with Gasteiger partial charge >= 0.3 is 0 Å². The summed E-state index contributed by atoms with van der Waals surface area (Å²) >= 11 is 0. The Morgan fingerprint density at radius 1 is 1.47 bits per heavy atom. The lowest BCUT2D eigenvalue weighted by Gasteiger charge is -2.08. The SMILES string of the molecule is CC[C@@H](C)NC(=O)/C=C\c1ccccc1OC. The fourth-order valence-corrected chi connectivity index (χ4v) is 1.36. The lowest BCUT2D eigenvalue weighted by Crippen LogP contribution is -2.30. The summed E-state index contributed by atoms with van der Waals surface area (Å²) in [6, 6.07) is 7.78. The predicted molar refractivity (Wildman–Crippen MR) is 69.9 cm³/mol. The second kappa shape index (κ2) is 6.74. The summed E-state index contributed by atoms with van der Waals surface area (Å²) in [6.45, 7) is 4.02. The van der Waals surface area contributed by atoms with Crippen molar-refractivity contribution < 1.29 is 9.53 Å². The molecule has 0 unspecified atom stereocenters. The van der Waals surface area contributed by atoms with Crippen LogP contribution in [0.5, 0.6) is 5.75 Å². The molecule has 0 aliphatic carbocycles. The molecule has 0 saturated heterocycles. The highest BCUT2D eigenvalue weighted by molar-refractivity contribution is 5.92. The Labute approximate surface area is 102 Å². The monoisotopic (exact) mass is 233 g/mol. The number of hydrogen-bond donors (Lipinski definition) is 1. The van der Waals surface area contributed by atoms with Gasteiger partial charge < -0.3 is 10.1 Å². The third-order valence-electron chi connectivity index (χ3n) is 2.55. The van der Waals surface area contributed by atoms with Gasteiger partial charge in [0.2, 0.25) is 5.91 Å². The Kier molecular flexibility index (Phi) is 5.27. The third kappa shape index (κ3) is 4.31. The van der Waals surface area contributed by atoms with Crippen molar-refractivity contribution in [3.05, 3.63) is 35.9 Å². The Hall–Kier alpha value is -1.77. The van der Waals surface area contributed by atoms with Crippen LogP contribution in [0, 0.1) is 0 Å². The van der Waals surface area contributed by atoms with E-state index in [0.717, 1.165) is 17.7 Å². The first-order valence-electron chi connectivity index (χ1n) is 5.79. The van der Waals surface area contributed by atoms with Gasteiger partial charge in [-0.3, -0.25) is 4.79 Å². The van der Waals surface area contributed by atoms with Gasteiger partial charge in [-0.1, -0.05) is 25.1 Å². The molecule has 0 fully saturated rings. The van der Waals surface area contributed by atoms with E-state index in [2.05, 4.69) is 5.32 Å². The topological polar surface area (TPSA) is 38.3 Å². The van der Waals surface area contributed by atoms with E-state index < -0.39 is 0 Å². The maximum atomic E-state index is 11.5. The van der Waals surface area contributed by atoms with Crippen LogP contribution in [0.25, 0.3) is 6.08 Å². The smallest absolute Gasteiger partial charge is 0.244 e. The summed E-state index contributed by atoms with van der Waals surface area (Å²) < 4.78 is 5.20. The van der Waals surface area contributed by atoms with Crippen LogP contribution in [-0.4, -0.2) is 19.1 Å². The Balaban J connectivity index is 2.67. The Bertz CT molecular complexity index is 399. The van der Waals surface area contributed by atoms with E-state index in [9.17, 15) is 4.79 Å². The van der Waals surface area contributed by atoms with Crippen molar-refractivity contribution in [3.8, 4) is 5.75 Å².